The molecule has 3 aromatic carbocycles. The molecule has 5 N–H and O–H groups in total. The van der Waals surface area contributed by atoms with E-state index in [-0.39, 0.29) is 70.5 Å². The monoisotopic (exact) mass is 506 g/mol. The molecule has 0 aromatic heterocycles. The van der Waals surface area contributed by atoms with Crippen molar-refractivity contribution in [1.82, 2.24) is 0 Å². The first-order valence-electron chi connectivity index (χ1n) is 10.7. The van der Waals surface area contributed by atoms with Crippen LogP contribution in [-0.4, -0.2) is 86.8 Å². The Labute approximate surface area is 227 Å². The zero-order valence-electron chi connectivity index (χ0n) is 18.4. The van der Waals surface area contributed by atoms with Crippen LogP contribution in [0.5, 0.6) is 40.2 Å². The molecule has 3 aromatic rings. The summed E-state index contributed by atoms with van der Waals surface area (Å²) in [6.07, 6.45) is -4.28. The van der Waals surface area contributed by atoms with Crippen molar-refractivity contribution >= 4 is 35.3 Å². The molecule has 11 heteroatoms. The summed E-state index contributed by atoms with van der Waals surface area (Å²) in [5.41, 5.74) is 0.751. The minimum absolute atomic E-state index is 0. The quantitative estimate of drug-likeness (QED) is 0.330. The van der Waals surface area contributed by atoms with Gasteiger partial charge in [0, 0.05) is 17.7 Å². The van der Waals surface area contributed by atoms with Crippen LogP contribution in [0.1, 0.15) is 33.7 Å². The van der Waals surface area contributed by atoms with E-state index in [2.05, 4.69) is 0 Å². The average Bonchev–Trinajstić information content (AvgIpc) is 2.85. The Morgan fingerprint density at radius 2 is 1.53 bits per heavy atom. The number of hydrogen-bond donors (Lipinski definition) is 5. The first-order chi connectivity index (χ1) is 16.8. The number of phenolic OH excluding ortho intramolecular Hbond substituents is 3. The Morgan fingerprint density at radius 3 is 2.25 bits per heavy atom. The molecule has 0 amide bonds. The van der Waals surface area contributed by atoms with Gasteiger partial charge in [-0.2, -0.15) is 0 Å². The van der Waals surface area contributed by atoms with Gasteiger partial charge in [-0.25, -0.2) is 0 Å². The number of aliphatic hydroxyl groups excluding tert-OH is 2. The van der Waals surface area contributed by atoms with E-state index in [1.165, 1.54) is 19.2 Å². The van der Waals surface area contributed by atoms with Gasteiger partial charge in [-0.15, -0.1) is 0 Å². The molecule has 36 heavy (non-hydrogen) atoms. The van der Waals surface area contributed by atoms with Crippen molar-refractivity contribution < 1.29 is 49.3 Å². The number of benzene rings is 3. The summed E-state index contributed by atoms with van der Waals surface area (Å²) in [6, 6.07) is 11.5. The summed E-state index contributed by atoms with van der Waals surface area (Å²) in [4.78, 5) is 12.7. The summed E-state index contributed by atoms with van der Waals surface area (Å²) in [6.45, 7) is -0.349. The van der Waals surface area contributed by atoms with E-state index >= 15 is 0 Å². The third-order valence-corrected chi connectivity index (χ3v) is 6.00. The van der Waals surface area contributed by atoms with Crippen LogP contribution in [0.4, 0.5) is 0 Å². The molecule has 0 saturated carbocycles. The topological polar surface area (TPSA) is 155 Å². The Morgan fingerprint density at radius 1 is 0.833 bits per heavy atom. The van der Waals surface area contributed by atoms with Gasteiger partial charge in [0.1, 0.15) is 22.8 Å². The van der Waals surface area contributed by atoms with Crippen LogP contribution in [0, 0.1) is 0 Å². The maximum atomic E-state index is 12.7. The van der Waals surface area contributed by atoms with Crippen LogP contribution in [0.25, 0.3) is 0 Å². The molecular weight excluding hydrogens is 483 g/mol. The van der Waals surface area contributed by atoms with E-state index in [4.69, 9.17) is 18.9 Å². The second-order valence-corrected chi connectivity index (χ2v) is 8.20. The Kier molecular flexibility index (Phi) is 7.26. The molecule has 0 radical (unpaired) electrons. The molecule has 5 rings (SSSR count). The summed E-state index contributed by atoms with van der Waals surface area (Å²) in [5.74, 6) is -0.823. The maximum absolute atomic E-state index is 12.7. The number of ether oxygens (including phenoxy) is 4. The molecule has 0 bridgehead atoms. The van der Waals surface area contributed by atoms with Crippen molar-refractivity contribution in [3.05, 3.63) is 65.2 Å². The number of carbonyl (C=O) groups excluding carboxylic acids is 1. The number of hydrogen-bond acceptors (Lipinski definition) is 10. The van der Waals surface area contributed by atoms with Crippen LogP contribution in [0.15, 0.2) is 48.5 Å². The van der Waals surface area contributed by atoms with E-state index in [9.17, 15) is 30.3 Å². The van der Waals surface area contributed by atoms with E-state index in [0.29, 0.717) is 16.9 Å². The number of rotatable bonds is 4. The molecule has 2 aliphatic heterocycles. The summed E-state index contributed by atoms with van der Waals surface area (Å²) < 4.78 is 23.0. The van der Waals surface area contributed by atoms with Crippen molar-refractivity contribution in [3.63, 3.8) is 0 Å². The number of aromatic hydroxyl groups is 3. The normalized spacial score (nSPS) is 22.1. The van der Waals surface area contributed by atoms with E-state index < -0.39 is 35.9 Å². The molecule has 0 spiro atoms. The van der Waals surface area contributed by atoms with Crippen molar-refractivity contribution in [3.8, 4) is 40.2 Å². The molecule has 0 unspecified atom stereocenters. The van der Waals surface area contributed by atoms with Gasteiger partial charge in [-0.3, -0.25) is 4.79 Å². The van der Waals surface area contributed by atoms with Gasteiger partial charge in [0.25, 0.3) is 0 Å². The van der Waals surface area contributed by atoms with Crippen molar-refractivity contribution in [2.24, 2.45) is 0 Å². The van der Waals surface area contributed by atoms with Gasteiger partial charge >= 0.3 is 29.6 Å². The van der Waals surface area contributed by atoms with Crippen LogP contribution in [0.2, 0.25) is 0 Å². The summed E-state index contributed by atoms with van der Waals surface area (Å²) >= 11 is 0. The van der Waals surface area contributed by atoms with Crippen molar-refractivity contribution in [2.45, 2.75) is 24.4 Å². The summed E-state index contributed by atoms with van der Waals surface area (Å²) in [7, 11) is 1.41. The Balaban J connectivity index is 0.00000304. The average molecular weight is 506 g/mol. The van der Waals surface area contributed by atoms with Gasteiger partial charge < -0.3 is 44.5 Å². The van der Waals surface area contributed by atoms with E-state index in [0.717, 1.165) is 6.07 Å². The molecule has 0 fully saturated rings. The van der Waals surface area contributed by atoms with Gasteiger partial charge in [-0.05, 0) is 29.8 Å². The van der Waals surface area contributed by atoms with Crippen LogP contribution in [0.3, 0.4) is 0 Å². The first-order valence-corrected chi connectivity index (χ1v) is 10.7. The second-order valence-electron chi connectivity index (χ2n) is 8.20. The number of ketones is 1. The van der Waals surface area contributed by atoms with Gasteiger partial charge in [-0.1, -0.05) is 12.1 Å². The molecule has 2 heterocycles. The number of phenols is 3. The van der Waals surface area contributed by atoms with E-state index in [1.54, 1.807) is 30.3 Å². The van der Waals surface area contributed by atoms with Crippen LogP contribution in [-0.2, 0) is 0 Å². The predicted molar refractivity (Wildman–Crippen MR) is 127 cm³/mol. The predicted octanol–water partition coefficient (Wildman–Crippen LogP) is 1.71. The van der Waals surface area contributed by atoms with Gasteiger partial charge in [0.2, 0.25) is 5.78 Å². The number of methoxy groups -OCH3 is 1. The molecule has 10 nitrogen and oxygen atoms in total. The van der Waals surface area contributed by atoms with Crippen LogP contribution >= 0.6 is 0 Å². The van der Waals surface area contributed by atoms with E-state index in [1.807, 2.05) is 0 Å². The number of carbonyl (C=O) groups is 1. The van der Waals surface area contributed by atoms with Crippen molar-refractivity contribution in [2.75, 3.05) is 13.7 Å². The van der Waals surface area contributed by atoms with Crippen LogP contribution < -0.4 is 18.9 Å². The SMILES string of the molecule is COc1cc([C@H]2Oc3cc([C@H]4Oc5cc(O)cc(O)c5C(=O)[C@@H]4O)ccc3O[C@@H]2CO)ccc1O.[NaH]. The summed E-state index contributed by atoms with van der Waals surface area (Å²) in [5, 5.41) is 50.2. The Bertz CT molecular complexity index is 1310. The molecule has 0 saturated heterocycles. The minimum atomic E-state index is -1.62. The fraction of sp³-hybridized carbons (Fsp3) is 0.240. The zero-order valence-corrected chi connectivity index (χ0v) is 18.4. The fourth-order valence-corrected chi connectivity index (χ4v) is 4.28. The molecular formula is C25H23NaO10. The number of aliphatic hydroxyl groups is 2. The molecule has 4 atom stereocenters. The number of Topliss-reactive ketones (excluding diaryl/α,β-unsaturated/α-hetero) is 1. The first kappa shape index (κ1) is 25.9. The Hall–Kier alpha value is -3.15. The fourth-order valence-electron chi connectivity index (χ4n) is 4.28. The molecule has 184 valence electrons. The van der Waals surface area contributed by atoms with Gasteiger partial charge in [0.15, 0.2) is 47.4 Å². The zero-order chi connectivity index (χ0) is 24.9. The van der Waals surface area contributed by atoms with Crippen molar-refractivity contribution in [1.29, 1.82) is 0 Å². The standard InChI is InChI=1S/C25H22O10.Na.H/c1-32-17-6-11(2-4-14(17)28)24-20(10-26)33-16-5-3-12(7-18(16)34-24)25-23(31)22(30)21-15(29)8-13(27)9-19(21)35-25;;/h2-9,20,23-29,31H,10H2,1H3;;/t20-,23+,24-,25-;;/m1../s1. The third-order valence-electron chi connectivity index (χ3n) is 6.00. The van der Waals surface area contributed by atoms with Gasteiger partial charge in [0.05, 0.1) is 13.7 Å². The molecule has 0 aliphatic carbocycles. The second kappa shape index (κ2) is 10.1. The molecule has 2 aliphatic rings. The third kappa shape index (κ3) is 4.42. The number of fused-ring (bicyclic) bond motifs is 2.